The second kappa shape index (κ2) is 16.2. The lowest BCUT2D eigenvalue weighted by atomic mass is 9.82. The van der Waals surface area contributed by atoms with Gasteiger partial charge >= 0.3 is 0 Å². The van der Waals surface area contributed by atoms with E-state index < -0.39 is 41.9 Å². The first-order valence-corrected chi connectivity index (χ1v) is 24.4. The van der Waals surface area contributed by atoms with Crippen LogP contribution in [0, 0.1) is 16.0 Å². The van der Waals surface area contributed by atoms with Crippen molar-refractivity contribution < 1.29 is 29.2 Å². The molecule has 5 heterocycles. The number of nitrogens with one attached hydrogen (secondary N) is 1. The summed E-state index contributed by atoms with van der Waals surface area (Å²) in [6.07, 6.45) is 3.00. The molecule has 0 bridgehead atoms. The van der Waals surface area contributed by atoms with Crippen LogP contribution in [-0.4, -0.2) is 88.0 Å². The van der Waals surface area contributed by atoms with Crippen LogP contribution in [-0.2, 0) is 33.0 Å². The standard InChI is InChI=1S/C46H52N8O7Si/c1-31-42(62(2,3)60)41(20-25-50-28-39(48-49-50)37(29-55)33-10-6-4-7-11-33)61-46(31)38-26-36(54(58)59)18-19-40(38)51(44(46)57)27-32-14-16-34(17-15-32)52-30-53(35-12-8-5-9-13-35)45(43(52)56)21-23-47-24-22-45/h4-19,26,28,31,37,41-42,47,55,60H,20-25,27,29-30H2,1-3H3/t31-,37?,41+,42-,46+/m1/s1. The number of ether oxygens (including phenoxy) is 1. The molecule has 4 aromatic carbocycles. The number of carbonyl (C=O) groups is 2. The van der Waals surface area contributed by atoms with Crippen LogP contribution in [0.5, 0.6) is 0 Å². The number of nitro benzene ring substituents is 1. The van der Waals surface area contributed by atoms with Crippen LogP contribution < -0.4 is 20.0 Å². The van der Waals surface area contributed by atoms with Gasteiger partial charge < -0.3 is 29.8 Å². The van der Waals surface area contributed by atoms with Crippen molar-refractivity contribution in [3.8, 4) is 0 Å². The van der Waals surface area contributed by atoms with Crippen molar-refractivity contribution in [2.75, 3.05) is 41.1 Å². The molecule has 322 valence electrons. The highest BCUT2D eigenvalue weighted by Crippen LogP contribution is 2.60. The Morgan fingerprint density at radius 1 is 0.952 bits per heavy atom. The van der Waals surface area contributed by atoms with E-state index in [1.807, 2.05) is 110 Å². The lowest BCUT2D eigenvalue weighted by molar-refractivity contribution is -0.385. The first kappa shape index (κ1) is 41.6. The fourth-order valence-corrected chi connectivity index (χ4v) is 13.2. The van der Waals surface area contributed by atoms with Gasteiger partial charge in [0.25, 0.3) is 17.5 Å². The number of fused-ring (bicyclic) bond motifs is 2. The molecule has 2 amide bonds. The predicted molar refractivity (Wildman–Crippen MR) is 236 cm³/mol. The van der Waals surface area contributed by atoms with E-state index in [4.69, 9.17) is 4.74 Å². The summed E-state index contributed by atoms with van der Waals surface area (Å²) in [6.45, 7) is 7.90. The minimum absolute atomic E-state index is 0.0698. The van der Waals surface area contributed by atoms with Crippen molar-refractivity contribution in [1.82, 2.24) is 20.3 Å². The molecule has 4 aliphatic rings. The second-order valence-electron chi connectivity index (χ2n) is 17.6. The van der Waals surface area contributed by atoms with Gasteiger partial charge in [-0.25, -0.2) is 0 Å². The summed E-state index contributed by atoms with van der Waals surface area (Å²) in [7, 11) is -3.04. The van der Waals surface area contributed by atoms with E-state index in [1.54, 1.807) is 21.8 Å². The minimum atomic E-state index is -3.04. The molecule has 16 heteroatoms. The van der Waals surface area contributed by atoms with E-state index >= 15 is 4.79 Å². The van der Waals surface area contributed by atoms with Gasteiger partial charge in [0.2, 0.25) is 0 Å². The Balaban J connectivity index is 0.986. The molecule has 0 saturated carbocycles. The van der Waals surface area contributed by atoms with Crippen molar-refractivity contribution in [3.05, 3.63) is 142 Å². The Hall–Kier alpha value is -5.78. The van der Waals surface area contributed by atoms with E-state index in [2.05, 4.69) is 20.5 Å². The zero-order valence-corrected chi connectivity index (χ0v) is 36.1. The smallest absolute Gasteiger partial charge is 0.269 e. The molecule has 3 N–H and O–H groups in total. The van der Waals surface area contributed by atoms with E-state index in [0.29, 0.717) is 49.4 Å². The Kier molecular flexibility index (Phi) is 10.8. The highest BCUT2D eigenvalue weighted by molar-refractivity contribution is 6.71. The number of piperidine rings is 1. The quantitative estimate of drug-likeness (QED) is 0.0799. The summed E-state index contributed by atoms with van der Waals surface area (Å²) in [5, 5.41) is 34.5. The summed E-state index contributed by atoms with van der Waals surface area (Å²) in [5.41, 5.74) is 2.25. The molecule has 1 unspecified atom stereocenters. The lowest BCUT2D eigenvalue weighted by Crippen LogP contribution is -2.55. The first-order chi connectivity index (χ1) is 29.9. The van der Waals surface area contributed by atoms with E-state index in [9.17, 15) is 24.8 Å². The molecule has 0 aliphatic carbocycles. The third-order valence-corrected chi connectivity index (χ3v) is 16.2. The average Bonchev–Trinajstić information content (AvgIpc) is 4.00. The van der Waals surface area contributed by atoms with E-state index in [-0.39, 0.29) is 36.6 Å². The zero-order chi connectivity index (χ0) is 43.4. The van der Waals surface area contributed by atoms with Crippen LogP contribution >= 0.6 is 0 Å². The number of benzene rings is 4. The number of aromatic nitrogens is 3. The molecular formula is C46H52N8O7Si. The Bertz CT molecular complexity index is 2460. The van der Waals surface area contributed by atoms with Gasteiger partial charge in [0, 0.05) is 53.3 Å². The maximum Gasteiger partial charge on any atom is 0.269 e. The number of aliphatic hydroxyl groups is 1. The molecule has 4 aliphatic heterocycles. The van der Waals surface area contributed by atoms with Gasteiger partial charge in [0.1, 0.15) is 5.54 Å². The fourth-order valence-electron chi connectivity index (χ4n) is 10.6. The molecule has 2 spiro atoms. The van der Waals surface area contributed by atoms with Crippen LogP contribution in [0.1, 0.15) is 54.5 Å². The van der Waals surface area contributed by atoms with Crippen molar-refractivity contribution in [2.45, 2.75) is 81.1 Å². The topological polar surface area (TPSA) is 179 Å². The number of amides is 2. The lowest BCUT2D eigenvalue weighted by Gasteiger charge is -2.39. The molecule has 3 saturated heterocycles. The highest BCUT2D eigenvalue weighted by Gasteiger charge is 2.66. The minimum Gasteiger partial charge on any atom is -0.432 e. The number of hydrogen-bond donors (Lipinski definition) is 3. The molecule has 5 atom stereocenters. The number of aryl methyl sites for hydroxylation is 1. The van der Waals surface area contributed by atoms with Gasteiger partial charge in [0.15, 0.2) is 13.9 Å². The summed E-state index contributed by atoms with van der Waals surface area (Å²) >= 11 is 0. The molecule has 9 rings (SSSR count). The van der Waals surface area contributed by atoms with E-state index in [1.165, 1.54) is 12.1 Å². The Labute approximate surface area is 361 Å². The van der Waals surface area contributed by atoms with Crippen LogP contribution in [0.2, 0.25) is 18.6 Å². The molecule has 1 aromatic heterocycles. The van der Waals surface area contributed by atoms with Crippen molar-refractivity contribution in [3.63, 3.8) is 0 Å². The summed E-state index contributed by atoms with van der Waals surface area (Å²) in [5.74, 6) is -1.15. The number of carbonyl (C=O) groups excluding carboxylic acids is 2. The van der Waals surface area contributed by atoms with E-state index in [0.717, 1.165) is 35.6 Å². The van der Waals surface area contributed by atoms with Gasteiger partial charge in [0.05, 0.1) is 48.1 Å². The first-order valence-electron chi connectivity index (χ1n) is 21.4. The monoisotopic (exact) mass is 856 g/mol. The molecule has 3 fully saturated rings. The summed E-state index contributed by atoms with van der Waals surface area (Å²) in [4.78, 5) is 58.7. The zero-order valence-electron chi connectivity index (χ0n) is 35.1. The number of aliphatic hydroxyl groups excluding tert-OH is 1. The highest BCUT2D eigenvalue weighted by atomic mass is 28.4. The molecule has 15 nitrogen and oxygen atoms in total. The van der Waals surface area contributed by atoms with Crippen LogP contribution in [0.4, 0.5) is 22.7 Å². The Morgan fingerprint density at radius 3 is 2.31 bits per heavy atom. The number of rotatable bonds is 12. The van der Waals surface area contributed by atoms with Crippen molar-refractivity contribution in [2.24, 2.45) is 5.92 Å². The molecule has 62 heavy (non-hydrogen) atoms. The number of nitrogens with zero attached hydrogens (tertiary/aromatic N) is 7. The van der Waals surface area contributed by atoms with Gasteiger partial charge in [-0.2, -0.15) is 0 Å². The molecule has 5 aromatic rings. The molecular weight excluding hydrogens is 805 g/mol. The summed E-state index contributed by atoms with van der Waals surface area (Å²) in [6, 6.07) is 31.8. The third kappa shape index (κ3) is 6.99. The number of hydrogen-bond acceptors (Lipinski definition) is 11. The summed E-state index contributed by atoms with van der Waals surface area (Å²) < 4.78 is 8.66. The number of nitro groups is 1. The maximum absolute atomic E-state index is 15.1. The van der Waals surface area contributed by atoms with Crippen LogP contribution in [0.15, 0.2) is 109 Å². The second-order valence-corrected chi connectivity index (χ2v) is 21.6. The fraction of sp³-hybridized carbons (Fsp3) is 0.391. The van der Waals surface area contributed by atoms with Crippen LogP contribution in [0.3, 0.4) is 0 Å². The van der Waals surface area contributed by atoms with Crippen molar-refractivity contribution in [1.29, 1.82) is 0 Å². The molecule has 0 radical (unpaired) electrons. The van der Waals surface area contributed by atoms with Crippen molar-refractivity contribution >= 4 is 42.9 Å². The number of anilines is 3. The Morgan fingerprint density at radius 2 is 1.65 bits per heavy atom. The van der Waals surface area contributed by atoms with Gasteiger partial charge in [-0.15, -0.1) is 5.10 Å². The maximum atomic E-state index is 15.1. The SMILES string of the molecule is C[C@@H]1[C@@H]([Si](C)(C)O)[C@H](CCn2cc(C(CO)c3ccccc3)nn2)O[C@@]12C(=O)N(Cc1ccc(N3CN(c4ccccc4)C4(CCNCC4)C3=O)cc1)c1ccc([N+](=O)[O-])cc12. The predicted octanol–water partition coefficient (Wildman–Crippen LogP) is 5.68. The van der Waals surface area contributed by atoms with Gasteiger partial charge in [-0.05, 0) is 86.9 Å². The number of non-ortho nitro benzene ring substituents is 1. The van der Waals surface area contributed by atoms with Gasteiger partial charge in [-0.1, -0.05) is 72.8 Å². The number of para-hydroxylation sites is 1. The third-order valence-electron chi connectivity index (χ3n) is 13.6. The van der Waals surface area contributed by atoms with Crippen LogP contribution in [0.25, 0.3) is 0 Å². The normalized spacial score (nSPS) is 23.8. The van der Waals surface area contributed by atoms with Gasteiger partial charge in [-0.3, -0.25) is 29.3 Å². The largest absolute Gasteiger partial charge is 0.432 e. The average molecular weight is 857 g/mol.